The van der Waals surface area contributed by atoms with Gasteiger partial charge in [-0.2, -0.15) is 0 Å². The first-order chi connectivity index (χ1) is 5.61. The minimum absolute atomic E-state index is 0.137. The monoisotopic (exact) mass is 169 g/mol. The molecule has 0 aliphatic rings. The van der Waals surface area contributed by atoms with Gasteiger partial charge in [0, 0.05) is 5.56 Å². The van der Waals surface area contributed by atoms with E-state index in [-0.39, 0.29) is 11.9 Å². The van der Waals surface area contributed by atoms with E-state index >= 15 is 0 Å². The largest absolute Gasteiger partial charge is 0.457 e. The summed E-state index contributed by atoms with van der Waals surface area (Å²) < 4.78 is 9.61. The van der Waals surface area contributed by atoms with Crippen LogP contribution in [0.1, 0.15) is 30.0 Å². The second-order valence-electron chi connectivity index (χ2n) is 2.79. The Bertz CT molecular complexity index is 278. The van der Waals surface area contributed by atoms with Gasteiger partial charge in [-0.25, -0.2) is 4.79 Å². The van der Waals surface area contributed by atoms with E-state index in [4.69, 9.17) is 9.26 Å². The van der Waals surface area contributed by atoms with Gasteiger partial charge in [-0.05, 0) is 20.8 Å². The molecule has 0 aliphatic carbocycles. The predicted molar refractivity (Wildman–Crippen MR) is 41.8 cm³/mol. The summed E-state index contributed by atoms with van der Waals surface area (Å²) in [6.07, 6.45) is 1.35. The van der Waals surface area contributed by atoms with Crippen molar-refractivity contribution in [2.45, 2.75) is 26.9 Å². The Morgan fingerprint density at radius 1 is 1.67 bits per heavy atom. The fourth-order valence-electron chi connectivity index (χ4n) is 0.755. The molecule has 0 spiro atoms. The van der Waals surface area contributed by atoms with Gasteiger partial charge in [0.25, 0.3) is 0 Å². The summed E-state index contributed by atoms with van der Waals surface area (Å²) >= 11 is 0. The number of carbonyl (C=O) groups excluding carboxylic acids is 1. The minimum atomic E-state index is -0.458. The number of carbonyl (C=O) groups is 1. The van der Waals surface area contributed by atoms with Crippen LogP contribution in [0.4, 0.5) is 0 Å². The number of esters is 1. The molecule has 0 radical (unpaired) electrons. The Kier molecular flexibility index (Phi) is 2.47. The molecule has 0 aromatic carbocycles. The number of nitrogens with zero attached hydrogens (tertiary/aromatic N) is 1. The zero-order valence-electron chi connectivity index (χ0n) is 7.33. The lowest BCUT2D eigenvalue weighted by Crippen LogP contribution is -2.11. The lowest BCUT2D eigenvalue weighted by atomic mass is 10.3. The highest BCUT2D eigenvalue weighted by Gasteiger charge is 2.16. The van der Waals surface area contributed by atoms with E-state index in [9.17, 15) is 4.79 Å². The molecule has 0 unspecified atom stereocenters. The van der Waals surface area contributed by atoms with Crippen molar-refractivity contribution in [3.8, 4) is 0 Å². The van der Waals surface area contributed by atoms with Crippen molar-refractivity contribution < 1.29 is 14.1 Å². The molecule has 0 atom stereocenters. The van der Waals surface area contributed by atoms with E-state index in [1.165, 1.54) is 6.20 Å². The van der Waals surface area contributed by atoms with Crippen LogP contribution in [0.5, 0.6) is 0 Å². The summed E-state index contributed by atoms with van der Waals surface area (Å²) in [5, 5.41) is 3.47. The van der Waals surface area contributed by atoms with Gasteiger partial charge in [0.2, 0.25) is 5.76 Å². The molecule has 1 aromatic heterocycles. The maximum absolute atomic E-state index is 11.2. The van der Waals surface area contributed by atoms with Gasteiger partial charge >= 0.3 is 5.97 Å². The molecule has 12 heavy (non-hydrogen) atoms. The topological polar surface area (TPSA) is 52.3 Å². The third-order valence-electron chi connectivity index (χ3n) is 1.28. The van der Waals surface area contributed by atoms with Gasteiger partial charge in [-0.15, -0.1) is 0 Å². The predicted octanol–water partition coefficient (Wildman–Crippen LogP) is 1.55. The van der Waals surface area contributed by atoms with E-state index in [2.05, 4.69) is 5.16 Å². The Hall–Kier alpha value is -1.32. The number of aromatic nitrogens is 1. The summed E-state index contributed by atoms with van der Waals surface area (Å²) in [6.45, 7) is 5.31. The molecule has 4 nitrogen and oxygen atoms in total. The molecule has 0 bridgehead atoms. The number of rotatable bonds is 2. The van der Waals surface area contributed by atoms with Gasteiger partial charge < -0.3 is 9.26 Å². The van der Waals surface area contributed by atoms with Crippen LogP contribution in [0.2, 0.25) is 0 Å². The van der Waals surface area contributed by atoms with Crippen LogP contribution in [0, 0.1) is 6.92 Å². The van der Waals surface area contributed by atoms with Gasteiger partial charge in [-0.1, -0.05) is 5.16 Å². The molecule has 0 aliphatic heterocycles. The first kappa shape index (κ1) is 8.77. The second kappa shape index (κ2) is 3.38. The summed E-state index contributed by atoms with van der Waals surface area (Å²) in [4.78, 5) is 11.2. The van der Waals surface area contributed by atoms with Crippen LogP contribution in [-0.4, -0.2) is 17.2 Å². The van der Waals surface area contributed by atoms with Crippen molar-refractivity contribution in [1.29, 1.82) is 0 Å². The first-order valence-electron chi connectivity index (χ1n) is 3.73. The Morgan fingerprint density at radius 3 is 2.75 bits per heavy atom. The SMILES string of the molecule is Cc1cnoc1C(=O)OC(C)C. The summed E-state index contributed by atoms with van der Waals surface area (Å²) in [5.41, 5.74) is 0.695. The average molecular weight is 169 g/mol. The smallest absolute Gasteiger partial charge is 0.377 e. The zero-order chi connectivity index (χ0) is 9.14. The number of hydrogen-bond donors (Lipinski definition) is 0. The lowest BCUT2D eigenvalue weighted by molar-refractivity contribution is 0.0330. The molecule has 1 aromatic rings. The zero-order valence-corrected chi connectivity index (χ0v) is 7.33. The molecule has 4 heteroatoms. The molecular weight excluding hydrogens is 158 g/mol. The number of aryl methyl sites for hydroxylation is 1. The fraction of sp³-hybridized carbons (Fsp3) is 0.500. The molecule has 1 rings (SSSR count). The van der Waals surface area contributed by atoms with Crippen LogP contribution < -0.4 is 0 Å². The van der Waals surface area contributed by atoms with E-state index in [1.54, 1.807) is 20.8 Å². The quantitative estimate of drug-likeness (QED) is 0.630. The average Bonchev–Trinajstić information content (AvgIpc) is 2.33. The van der Waals surface area contributed by atoms with Crippen molar-refractivity contribution in [3.05, 3.63) is 17.5 Å². The van der Waals surface area contributed by atoms with Crippen LogP contribution in [0.25, 0.3) is 0 Å². The third kappa shape index (κ3) is 1.84. The molecule has 0 N–H and O–H groups in total. The highest BCUT2D eigenvalue weighted by molar-refractivity contribution is 5.87. The van der Waals surface area contributed by atoms with Crippen molar-refractivity contribution in [2.24, 2.45) is 0 Å². The first-order valence-corrected chi connectivity index (χ1v) is 3.73. The van der Waals surface area contributed by atoms with Crippen LogP contribution >= 0.6 is 0 Å². The number of ether oxygens (including phenoxy) is 1. The lowest BCUT2D eigenvalue weighted by Gasteiger charge is -2.04. The van der Waals surface area contributed by atoms with Crippen molar-refractivity contribution >= 4 is 5.97 Å². The molecular formula is C8H11NO3. The standard InChI is InChI=1S/C8H11NO3/c1-5(2)11-8(10)7-6(3)4-9-12-7/h4-5H,1-3H3. The Morgan fingerprint density at radius 2 is 2.33 bits per heavy atom. The molecule has 0 amide bonds. The van der Waals surface area contributed by atoms with E-state index < -0.39 is 5.97 Å². The van der Waals surface area contributed by atoms with E-state index in [0.29, 0.717) is 5.56 Å². The summed E-state index contributed by atoms with van der Waals surface area (Å²) in [7, 11) is 0. The Labute approximate surface area is 70.5 Å². The van der Waals surface area contributed by atoms with Crippen LogP contribution in [-0.2, 0) is 4.74 Å². The van der Waals surface area contributed by atoms with Crippen LogP contribution in [0.3, 0.4) is 0 Å². The molecule has 0 saturated carbocycles. The maximum Gasteiger partial charge on any atom is 0.377 e. The summed E-state index contributed by atoms with van der Waals surface area (Å²) in [5.74, 6) is -0.274. The van der Waals surface area contributed by atoms with Gasteiger partial charge in [0.1, 0.15) is 0 Å². The highest BCUT2D eigenvalue weighted by Crippen LogP contribution is 2.08. The van der Waals surface area contributed by atoms with E-state index in [0.717, 1.165) is 0 Å². The number of hydrogen-bond acceptors (Lipinski definition) is 4. The molecule has 0 fully saturated rings. The molecule has 0 saturated heterocycles. The highest BCUT2D eigenvalue weighted by atomic mass is 16.6. The van der Waals surface area contributed by atoms with E-state index in [1.807, 2.05) is 0 Å². The van der Waals surface area contributed by atoms with Gasteiger partial charge in [-0.3, -0.25) is 0 Å². The third-order valence-corrected chi connectivity index (χ3v) is 1.28. The van der Waals surface area contributed by atoms with Crippen molar-refractivity contribution in [2.75, 3.05) is 0 Å². The Balaban J connectivity index is 2.72. The minimum Gasteiger partial charge on any atom is -0.457 e. The normalized spacial score (nSPS) is 10.3. The van der Waals surface area contributed by atoms with Crippen LogP contribution in [0.15, 0.2) is 10.7 Å². The molecule has 1 heterocycles. The van der Waals surface area contributed by atoms with Crippen molar-refractivity contribution in [1.82, 2.24) is 5.16 Å². The van der Waals surface area contributed by atoms with Crippen molar-refractivity contribution in [3.63, 3.8) is 0 Å². The van der Waals surface area contributed by atoms with Gasteiger partial charge in [0.15, 0.2) is 0 Å². The molecule has 66 valence electrons. The van der Waals surface area contributed by atoms with Gasteiger partial charge in [0.05, 0.1) is 12.3 Å². The summed E-state index contributed by atoms with van der Waals surface area (Å²) in [6, 6.07) is 0. The fourth-order valence-corrected chi connectivity index (χ4v) is 0.755. The second-order valence-corrected chi connectivity index (χ2v) is 2.79. The maximum atomic E-state index is 11.2.